The van der Waals surface area contributed by atoms with Crippen LogP contribution in [-0.4, -0.2) is 23.9 Å². The number of piperidine rings is 1. The van der Waals surface area contributed by atoms with E-state index in [2.05, 4.69) is 5.32 Å². The Hall–Kier alpha value is -1.36. The van der Waals surface area contributed by atoms with Gasteiger partial charge in [0.2, 0.25) is 11.8 Å². The first kappa shape index (κ1) is 15.6. The van der Waals surface area contributed by atoms with Gasteiger partial charge in [-0.1, -0.05) is 20.8 Å². The lowest BCUT2D eigenvalue weighted by molar-refractivity contribution is -0.135. The smallest absolute Gasteiger partial charge is 0.233 e. The topological polar surface area (TPSA) is 75.4 Å². The van der Waals surface area contributed by atoms with Crippen LogP contribution in [0.1, 0.15) is 40.0 Å². The molecule has 1 atom stereocenters. The van der Waals surface area contributed by atoms with E-state index in [-0.39, 0.29) is 17.7 Å². The van der Waals surface area contributed by atoms with E-state index in [0.29, 0.717) is 12.8 Å². The standard InChI is InChI=1S/C10H17N3O2.C2H6/c1-3-7(6-13(2)11)8-4-5-9(14)12-10(8)15;1-2/h6,8H,3-5,11H2,1-2H3,(H,12,14,15);1-2H3/b7-6+;. The predicted molar refractivity (Wildman–Crippen MR) is 67.5 cm³/mol. The number of nitrogens with two attached hydrogens (primary N) is 1. The maximum absolute atomic E-state index is 11.6. The van der Waals surface area contributed by atoms with Gasteiger partial charge in [0, 0.05) is 19.7 Å². The van der Waals surface area contributed by atoms with Crippen molar-refractivity contribution in [1.29, 1.82) is 0 Å². The Balaban J connectivity index is 0.00000121. The molecule has 1 aliphatic rings. The Morgan fingerprint density at radius 1 is 1.53 bits per heavy atom. The third kappa shape index (κ3) is 4.99. The molecule has 1 fully saturated rings. The molecule has 17 heavy (non-hydrogen) atoms. The fourth-order valence-corrected chi connectivity index (χ4v) is 1.74. The molecule has 1 heterocycles. The maximum Gasteiger partial charge on any atom is 0.233 e. The molecule has 0 bridgehead atoms. The molecule has 0 aliphatic carbocycles. The van der Waals surface area contributed by atoms with Crippen LogP contribution in [0, 0.1) is 5.92 Å². The third-order valence-electron chi connectivity index (χ3n) is 2.46. The van der Waals surface area contributed by atoms with Gasteiger partial charge in [0.1, 0.15) is 0 Å². The minimum absolute atomic E-state index is 0.187. The molecule has 0 spiro atoms. The van der Waals surface area contributed by atoms with Crippen molar-refractivity contribution < 1.29 is 9.59 Å². The lowest BCUT2D eigenvalue weighted by Crippen LogP contribution is -2.41. The largest absolute Gasteiger partial charge is 0.321 e. The van der Waals surface area contributed by atoms with Crippen molar-refractivity contribution in [2.75, 3.05) is 7.05 Å². The minimum atomic E-state index is -0.210. The molecule has 1 saturated heterocycles. The first-order chi connectivity index (χ1) is 8.04. The molecular formula is C12H23N3O2. The lowest BCUT2D eigenvalue weighted by Gasteiger charge is -2.23. The van der Waals surface area contributed by atoms with Crippen molar-refractivity contribution in [3.05, 3.63) is 11.8 Å². The third-order valence-corrected chi connectivity index (χ3v) is 2.46. The van der Waals surface area contributed by atoms with E-state index < -0.39 is 0 Å². The average Bonchev–Trinajstić information content (AvgIpc) is 2.29. The summed E-state index contributed by atoms with van der Waals surface area (Å²) in [6.45, 7) is 5.97. The second-order valence-electron chi connectivity index (χ2n) is 3.73. The van der Waals surface area contributed by atoms with Crippen LogP contribution in [0.2, 0.25) is 0 Å². The lowest BCUT2D eigenvalue weighted by atomic mass is 9.89. The van der Waals surface area contributed by atoms with Gasteiger partial charge >= 0.3 is 0 Å². The second kappa shape index (κ2) is 7.84. The van der Waals surface area contributed by atoms with Crippen LogP contribution in [0.25, 0.3) is 0 Å². The highest BCUT2D eigenvalue weighted by atomic mass is 16.2. The van der Waals surface area contributed by atoms with E-state index in [1.54, 1.807) is 13.2 Å². The molecule has 98 valence electrons. The summed E-state index contributed by atoms with van der Waals surface area (Å²) in [7, 11) is 1.71. The molecule has 1 rings (SSSR count). The summed E-state index contributed by atoms with van der Waals surface area (Å²) in [4.78, 5) is 22.5. The van der Waals surface area contributed by atoms with Crippen molar-refractivity contribution >= 4 is 11.8 Å². The van der Waals surface area contributed by atoms with Crippen LogP contribution < -0.4 is 11.2 Å². The number of hydrogen-bond donors (Lipinski definition) is 2. The second-order valence-corrected chi connectivity index (χ2v) is 3.73. The minimum Gasteiger partial charge on any atom is -0.321 e. The molecule has 1 aliphatic heterocycles. The van der Waals surface area contributed by atoms with Crippen LogP contribution in [-0.2, 0) is 9.59 Å². The molecule has 0 aromatic carbocycles. The summed E-state index contributed by atoms with van der Waals surface area (Å²) in [5.74, 6) is 4.90. The normalized spacial score (nSPS) is 20.3. The molecule has 2 amide bonds. The zero-order chi connectivity index (χ0) is 13.4. The van der Waals surface area contributed by atoms with E-state index in [1.807, 2.05) is 20.8 Å². The molecule has 5 nitrogen and oxygen atoms in total. The Morgan fingerprint density at radius 3 is 2.53 bits per heavy atom. The van der Waals surface area contributed by atoms with Crippen LogP contribution in [0.5, 0.6) is 0 Å². The fourth-order valence-electron chi connectivity index (χ4n) is 1.74. The molecular weight excluding hydrogens is 218 g/mol. The van der Waals surface area contributed by atoms with Crippen molar-refractivity contribution in [2.24, 2.45) is 11.8 Å². The zero-order valence-electron chi connectivity index (χ0n) is 11.1. The predicted octanol–water partition coefficient (Wildman–Crippen LogP) is 1.16. The van der Waals surface area contributed by atoms with Gasteiger partial charge in [-0.2, -0.15) is 0 Å². The van der Waals surface area contributed by atoms with Crippen LogP contribution >= 0.6 is 0 Å². The van der Waals surface area contributed by atoms with Gasteiger partial charge in [0.05, 0.1) is 5.92 Å². The summed E-state index contributed by atoms with van der Waals surface area (Å²) in [6.07, 6.45) is 3.49. The number of hydrogen-bond acceptors (Lipinski definition) is 4. The first-order valence-electron chi connectivity index (χ1n) is 6.06. The SMILES string of the molecule is CC.CC/C(=C\N(C)N)C1CCC(=O)NC1=O. The summed E-state index contributed by atoms with van der Waals surface area (Å²) in [5, 5.41) is 3.77. The molecule has 5 heteroatoms. The number of carbonyl (C=O) groups excluding carboxylic acids is 2. The van der Waals surface area contributed by atoms with E-state index in [0.717, 1.165) is 12.0 Å². The summed E-state index contributed by atoms with van der Waals surface area (Å²) in [6, 6.07) is 0. The Bertz CT molecular complexity index is 298. The molecule has 0 saturated carbocycles. The van der Waals surface area contributed by atoms with E-state index in [1.165, 1.54) is 5.01 Å². The van der Waals surface area contributed by atoms with E-state index in [4.69, 9.17) is 5.84 Å². The molecule has 0 radical (unpaired) electrons. The fraction of sp³-hybridized carbons (Fsp3) is 0.667. The van der Waals surface area contributed by atoms with E-state index in [9.17, 15) is 9.59 Å². The van der Waals surface area contributed by atoms with Gasteiger partial charge in [-0.05, 0) is 18.4 Å². The van der Waals surface area contributed by atoms with Gasteiger partial charge in [-0.15, -0.1) is 0 Å². The molecule has 0 aromatic heterocycles. The Labute approximate surface area is 103 Å². The number of rotatable bonds is 3. The highest BCUT2D eigenvalue weighted by molar-refractivity contribution is 5.99. The summed E-state index contributed by atoms with van der Waals surface area (Å²) < 4.78 is 0. The molecule has 1 unspecified atom stereocenters. The van der Waals surface area contributed by atoms with Crippen molar-refractivity contribution in [3.63, 3.8) is 0 Å². The number of carbonyl (C=O) groups is 2. The molecule has 3 N–H and O–H groups in total. The zero-order valence-corrected chi connectivity index (χ0v) is 11.1. The first-order valence-corrected chi connectivity index (χ1v) is 6.06. The van der Waals surface area contributed by atoms with Gasteiger partial charge < -0.3 is 5.01 Å². The highest BCUT2D eigenvalue weighted by Crippen LogP contribution is 2.23. The number of nitrogens with one attached hydrogen (secondary N) is 1. The number of hydrazine groups is 1. The average molecular weight is 241 g/mol. The van der Waals surface area contributed by atoms with Gasteiger partial charge in [-0.25, -0.2) is 5.84 Å². The summed E-state index contributed by atoms with van der Waals surface area (Å²) in [5.41, 5.74) is 0.963. The van der Waals surface area contributed by atoms with Crippen molar-refractivity contribution in [3.8, 4) is 0 Å². The number of amides is 2. The summed E-state index contributed by atoms with van der Waals surface area (Å²) >= 11 is 0. The van der Waals surface area contributed by atoms with Gasteiger partial charge in [0.15, 0.2) is 0 Å². The van der Waals surface area contributed by atoms with Crippen molar-refractivity contribution in [1.82, 2.24) is 10.3 Å². The number of nitrogens with zero attached hydrogens (tertiary/aromatic N) is 1. The monoisotopic (exact) mass is 241 g/mol. The van der Waals surface area contributed by atoms with Crippen LogP contribution in [0.3, 0.4) is 0 Å². The van der Waals surface area contributed by atoms with Crippen LogP contribution in [0.4, 0.5) is 0 Å². The van der Waals surface area contributed by atoms with E-state index >= 15 is 0 Å². The van der Waals surface area contributed by atoms with Gasteiger partial charge in [0.25, 0.3) is 0 Å². The Morgan fingerprint density at radius 2 is 2.12 bits per heavy atom. The van der Waals surface area contributed by atoms with Gasteiger partial charge in [-0.3, -0.25) is 14.9 Å². The quantitative estimate of drug-likeness (QED) is 0.442. The van der Waals surface area contributed by atoms with Crippen molar-refractivity contribution in [2.45, 2.75) is 40.0 Å². The molecule has 0 aromatic rings. The Kier molecular flexibility index (Phi) is 7.21. The number of imide groups is 1. The maximum atomic E-state index is 11.6. The highest BCUT2D eigenvalue weighted by Gasteiger charge is 2.28. The van der Waals surface area contributed by atoms with Crippen LogP contribution in [0.15, 0.2) is 11.8 Å².